The summed E-state index contributed by atoms with van der Waals surface area (Å²) in [4.78, 5) is 44.0. The topological polar surface area (TPSA) is 85.0 Å². The lowest BCUT2D eigenvalue weighted by Gasteiger charge is -2.43. The zero-order valence-corrected chi connectivity index (χ0v) is 19.3. The van der Waals surface area contributed by atoms with Crippen LogP contribution in [0.2, 0.25) is 5.02 Å². The predicted molar refractivity (Wildman–Crippen MR) is 128 cm³/mol. The van der Waals surface area contributed by atoms with E-state index in [2.05, 4.69) is 15.5 Å². The lowest BCUT2D eigenvalue weighted by Crippen LogP contribution is -2.58. The van der Waals surface area contributed by atoms with Gasteiger partial charge in [0.2, 0.25) is 5.91 Å². The normalized spacial score (nSPS) is 17.4. The van der Waals surface area contributed by atoms with E-state index in [1.165, 1.54) is 0 Å². The monoisotopic (exact) mass is 469 g/mol. The maximum atomic E-state index is 13.6. The van der Waals surface area contributed by atoms with E-state index in [4.69, 9.17) is 11.6 Å². The summed E-state index contributed by atoms with van der Waals surface area (Å²) < 4.78 is 0. The van der Waals surface area contributed by atoms with Crippen molar-refractivity contribution >= 4 is 40.8 Å². The van der Waals surface area contributed by atoms with Crippen molar-refractivity contribution in [3.63, 3.8) is 0 Å². The molecule has 1 spiro atoms. The lowest BCUT2D eigenvalue weighted by atomic mass is 9.85. The number of urea groups is 1. The van der Waals surface area contributed by atoms with Crippen molar-refractivity contribution in [1.29, 1.82) is 0 Å². The molecule has 4 amide bonds. The van der Waals surface area contributed by atoms with E-state index in [-0.39, 0.29) is 24.4 Å². The summed E-state index contributed by atoms with van der Waals surface area (Å²) in [6.07, 6.45) is 0.963. The molecule has 0 saturated carbocycles. The number of anilines is 2. The van der Waals surface area contributed by atoms with Gasteiger partial charge in [0.25, 0.3) is 5.91 Å². The molecule has 2 aromatic rings. The molecule has 0 atom stereocenters. The highest BCUT2D eigenvalue weighted by Crippen LogP contribution is 2.39. The summed E-state index contributed by atoms with van der Waals surface area (Å²) >= 11 is 6.01. The minimum atomic E-state index is -0.777. The van der Waals surface area contributed by atoms with E-state index in [0.29, 0.717) is 49.9 Å². The first kappa shape index (κ1) is 22.9. The molecular weight excluding hydrogens is 442 g/mol. The number of hydrogen-bond donors (Lipinski definition) is 2. The van der Waals surface area contributed by atoms with Crippen LogP contribution in [0.1, 0.15) is 19.8 Å². The Morgan fingerprint density at radius 1 is 1.06 bits per heavy atom. The molecule has 2 heterocycles. The Labute approximate surface area is 198 Å². The summed E-state index contributed by atoms with van der Waals surface area (Å²) in [5.74, 6) is -0.234. The average molecular weight is 470 g/mol. The van der Waals surface area contributed by atoms with Gasteiger partial charge < -0.3 is 25.3 Å². The minimum absolute atomic E-state index is 0.0245. The largest absolute Gasteiger partial charge is 0.355 e. The molecule has 2 saturated heterocycles. The number of carbonyl (C=O) groups excluding carboxylic acids is 3. The molecule has 174 valence electrons. The molecule has 0 aliphatic carbocycles. The molecule has 2 fully saturated rings. The number of hydrogen-bond acceptors (Lipinski definition) is 4. The zero-order valence-electron chi connectivity index (χ0n) is 18.6. The van der Waals surface area contributed by atoms with Crippen LogP contribution in [0, 0.1) is 0 Å². The van der Waals surface area contributed by atoms with Crippen LogP contribution in [0.5, 0.6) is 0 Å². The van der Waals surface area contributed by atoms with Crippen LogP contribution in [-0.4, -0.2) is 66.0 Å². The van der Waals surface area contributed by atoms with Gasteiger partial charge in [0.15, 0.2) is 0 Å². The maximum absolute atomic E-state index is 13.6. The van der Waals surface area contributed by atoms with E-state index in [1.54, 1.807) is 34.1 Å². The van der Waals surface area contributed by atoms with E-state index in [9.17, 15) is 14.4 Å². The number of rotatable bonds is 5. The summed E-state index contributed by atoms with van der Waals surface area (Å²) in [5, 5.41) is 6.19. The number of likely N-dealkylation sites (tertiary alicyclic amines) is 1. The van der Waals surface area contributed by atoms with Crippen molar-refractivity contribution in [2.24, 2.45) is 0 Å². The van der Waals surface area contributed by atoms with Gasteiger partial charge in [-0.3, -0.25) is 9.59 Å². The summed E-state index contributed by atoms with van der Waals surface area (Å²) in [6, 6.07) is 16.5. The Kier molecular flexibility index (Phi) is 6.74. The number of nitrogens with zero attached hydrogens (tertiary/aromatic N) is 3. The predicted octanol–water partition coefficient (Wildman–Crippen LogP) is 3.15. The highest BCUT2D eigenvalue weighted by Gasteiger charge is 2.54. The van der Waals surface area contributed by atoms with Gasteiger partial charge in [0.05, 0.1) is 6.67 Å². The van der Waals surface area contributed by atoms with Crippen LogP contribution >= 0.6 is 11.6 Å². The second kappa shape index (κ2) is 9.70. The number of amides is 4. The van der Waals surface area contributed by atoms with Crippen LogP contribution in [0.4, 0.5) is 16.2 Å². The molecule has 2 aromatic carbocycles. The minimum Gasteiger partial charge on any atom is -0.355 e. The van der Waals surface area contributed by atoms with E-state index in [0.717, 1.165) is 5.69 Å². The molecule has 4 rings (SSSR count). The van der Waals surface area contributed by atoms with E-state index in [1.807, 2.05) is 37.3 Å². The van der Waals surface area contributed by atoms with Crippen LogP contribution in [0.25, 0.3) is 0 Å². The number of benzene rings is 2. The van der Waals surface area contributed by atoms with Gasteiger partial charge in [-0.25, -0.2) is 4.79 Å². The fourth-order valence-electron chi connectivity index (χ4n) is 4.60. The van der Waals surface area contributed by atoms with E-state index < -0.39 is 5.54 Å². The second-order valence-corrected chi connectivity index (χ2v) is 8.76. The van der Waals surface area contributed by atoms with Crippen LogP contribution in [-0.2, 0) is 9.59 Å². The fraction of sp³-hybridized carbons (Fsp3) is 0.375. The quantitative estimate of drug-likeness (QED) is 0.704. The standard InChI is InChI=1S/C24H28ClN5O3/c1-2-26-21(31)16-29-17-30(20-9-4-3-5-10-20)24(22(29)32)11-13-28(14-12-24)23(33)27-19-8-6-7-18(25)15-19/h3-10,15H,2,11-14,16-17H2,1H3,(H,26,31)(H,27,33). The molecule has 9 heteroatoms. The molecule has 0 aromatic heterocycles. The number of likely N-dealkylation sites (N-methyl/N-ethyl adjacent to an activating group) is 1. The SMILES string of the molecule is CCNC(=O)CN1CN(c2ccccc2)C2(CCN(C(=O)Nc3cccc(Cl)c3)CC2)C1=O. The summed E-state index contributed by atoms with van der Waals surface area (Å²) in [7, 11) is 0. The lowest BCUT2D eigenvalue weighted by molar-refractivity contribution is -0.137. The molecule has 0 radical (unpaired) electrons. The number of halogens is 1. The van der Waals surface area contributed by atoms with Gasteiger partial charge in [-0.15, -0.1) is 0 Å². The van der Waals surface area contributed by atoms with Crippen molar-refractivity contribution in [2.75, 3.05) is 43.1 Å². The van der Waals surface area contributed by atoms with Crippen LogP contribution in [0.15, 0.2) is 54.6 Å². The third-order valence-corrected chi connectivity index (χ3v) is 6.48. The second-order valence-electron chi connectivity index (χ2n) is 8.32. The molecule has 2 N–H and O–H groups in total. The smallest absolute Gasteiger partial charge is 0.321 e. The Balaban J connectivity index is 1.50. The molecular formula is C24H28ClN5O3. The van der Waals surface area contributed by atoms with Crippen molar-refractivity contribution in [2.45, 2.75) is 25.3 Å². The highest BCUT2D eigenvalue weighted by atomic mass is 35.5. The van der Waals surface area contributed by atoms with Gasteiger partial charge in [-0.1, -0.05) is 35.9 Å². The number of para-hydroxylation sites is 1. The van der Waals surface area contributed by atoms with Crippen LogP contribution in [0.3, 0.4) is 0 Å². The number of carbonyl (C=O) groups is 3. The van der Waals surface area contributed by atoms with Gasteiger partial charge in [0, 0.05) is 36.0 Å². The van der Waals surface area contributed by atoms with Crippen molar-refractivity contribution in [3.05, 3.63) is 59.6 Å². The van der Waals surface area contributed by atoms with Gasteiger partial charge in [-0.05, 0) is 50.1 Å². The Morgan fingerprint density at radius 2 is 1.79 bits per heavy atom. The summed E-state index contributed by atoms with van der Waals surface area (Å²) in [5.41, 5.74) is 0.783. The highest BCUT2D eigenvalue weighted by molar-refractivity contribution is 6.30. The van der Waals surface area contributed by atoms with Crippen molar-refractivity contribution < 1.29 is 14.4 Å². The number of piperidine rings is 1. The zero-order chi connectivity index (χ0) is 23.4. The third kappa shape index (κ3) is 4.75. The summed E-state index contributed by atoms with van der Waals surface area (Å²) in [6.45, 7) is 3.59. The van der Waals surface area contributed by atoms with Gasteiger partial charge >= 0.3 is 6.03 Å². The van der Waals surface area contributed by atoms with Crippen molar-refractivity contribution in [1.82, 2.24) is 15.1 Å². The molecule has 0 bridgehead atoms. The first-order valence-corrected chi connectivity index (χ1v) is 11.5. The van der Waals surface area contributed by atoms with E-state index >= 15 is 0 Å². The fourth-order valence-corrected chi connectivity index (χ4v) is 4.79. The van der Waals surface area contributed by atoms with Crippen LogP contribution < -0.4 is 15.5 Å². The Bertz CT molecular complexity index is 1020. The molecule has 0 unspecified atom stereocenters. The molecule has 2 aliphatic heterocycles. The first-order chi connectivity index (χ1) is 15.9. The first-order valence-electron chi connectivity index (χ1n) is 11.1. The molecule has 33 heavy (non-hydrogen) atoms. The Morgan fingerprint density at radius 3 is 2.45 bits per heavy atom. The molecule has 2 aliphatic rings. The van der Waals surface area contributed by atoms with Gasteiger partial charge in [-0.2, -0.15) is 0 Å². The Hall–Kier alpha value is -3.26. The van der Waals surface area contributed by atoms with Gasteiger partial charge in [0.1, 0.15) is 12.1 Å². The average Bonchev–Trinajstić information content (AvgIpc) is 3.06. The number of nitrogens with one attached hydrogen (secondary N) is 2. The maximum Gasteiger partial charge on any atom is 0.321 e. The van der Waals surface area contributed by atoms with Crippen molar-refractivity contribution in [3.8, 4) is 0 Å². The third-order valence-electron chi connectivity index (χ3n) is 6.24. The molecule has 8 nitrogen and oxygen atoms in total.